The molecule has 1 amide bonds. The number of carbonyl (C=O) groups is 2. The fourth-order valence-corrected chi connectivity index (χ4v) is 3.38. The predicted octanol–water partition coefficient (Wildman–Crippen LogP) is 5.89. The van der Waals surface area contributed by atoms with E-state index in [1.54, 1.807) is 42.5 Å². The van der Waals surface area contributed by atoms with Crippen molar-refractivity contribution in [2.24, 2.45) is 5.10 Å². The average Bonchev–Trinajstić information content (AvgIpc) is 2.84. The van der Waals surface area contributed by atoms with E-state index in [1.165, 1.54) is 11.8 Å². The summed E-state index contributed by atoms with van der Waals surface area (Å²) in [6.45, 7) is 8.45. The lowest BCUT2D eigenvalue weighted by atomic mass is 9.87. The van der Waals surface area contributed by atoms with E-state index in [4.69, 9.17) is 14.2 Å². The van der Waals surface area contributed by atoms with Crippen molar-refractivity contribution in [1.82, 2.24) is 5.43 Å². The number of rotatable bonds is 9. The first kappa shape index (κ1) is 26.9. The van der Waals surface area contributed by atoms with E-state index in [1.807, 2.05) is 31.2 Å². The zero-order chi connectivity index (χ0) is 26.1. The molecule has 0 atom stereocenters. The van der Waals surface area contributed by atoms with Crippen molar-refractivity contribution in [2.75, 3.05) is 13.2 Å². The predicted molar refractivity (Wildman–Crippen MR) is 143 cm³/mol. The van der Waals surface area contributed by atoms with Gasteiger partial charge in [0.1, 0.15) is 5.75 Å². The summed E-state index contributed by atoms with van der Waals surface area (Å²) in [5, 5.41) is 3.98. The molecule has 0 saturated heterocycles. The molecular weight excluding hydrogens is 524 g/mol. The molecule has 3 aromatic carbocycles. The summed E-state index contributed by atoms with van der Waals surface area (Å²) in [6, 6.07) is 19.5. The highest BCUT2D eigenvalue weighted by molar-refractivity contribution is 9.10. The molecule has 0 aliphatic heterocycles. The number of hydrogen-bond donors (Lipinski definition) is 1. The van der Waals surface area contributed by atoms with E-state index in [-0.39, 0.29) is 17.8 Å². The van der Waals surface area contributed by atoms with Gasteiger partial charge in [0.2, 0.25) is 0 Å². The molecule has 0 aliphatic rings. The quantitative estimate of drug-likeness (QED) is 0.155. The molecule has 0 spiro atoms. The molecule has 3 rings (SSSR count). The van der Waals surface area contributed by atoms with Gasteiger partial charge in [0.15, 0.2) is 18.1 Å². The largest absolute Gasteiger partial charge is 0.490 e. The minimum Gasteiger partial charge on any atom is -0.490 e. The number of benzene rings is 3. The summed E-state index contributed by atoms with van der Waals surface area (Å²) in [7, 11) is 0. The Morgan fingerprint density at radius 1 is 0.944 bits per heavy atom. The van der Waals surface area contributed by atoms with Gasteiger partial charge in [0.05, 0.1) is 18.4 Å². The molecule has 0 fully saturated rings. The number of esters is 1. The van der Waals surface area contributed by atoms with Gasteiger partial charge in [-0.1, -0.05) is 48.8 Å². The summed E-state index contributed by atoms with van der Waals surface area (Å²) in [5.41, 5.74) is 4.74. The van der Waals surface area contributed by atoms with E-state index >= 15 is 0 Å². The van der Waals surface area contributed by atoms with Gasteiger partial charge in [0, 0.05) is 4.47 Å². The number of nitrogens with zero attached hydrogens (tertiary/aromatic N) is 1. The maximum atomic E-state index is 12.5. The molecule has 7 nitrogen and oxygen atoms in total. The number of hydrogen-bond acceptors (Lipinski definition) is 6. The topological polar surface area (TPSA) is 86.2 Å². The van der Waals surface area contributed by atoms with E-state index < -0.39 is 11.9 Å². The fraction of sp³-hybridized carbons (Fsp3) is 0.250. The highest BCUT2D eigenvalue weighted by Crippen LogP contribution is 2.29. The third-order valence-electron chi connectivity index (χ3n) is 5.04. The Kier molecular flexibility index (Phi) is 9.25. The number of amides is 1. The Hall–Kier alpha value is -3.65. The Morgan fingerprint density at radius 3 is 2.28 bits per heavy atom. The van der Waals surface area contributed by atoms with Crippen LogP contribution in [0.25, 0.3) is 0 Å². The van der Waals surface area contributed by atoms with E-state index in [0.717, 1.165) is 4.47 Å². The van der Waals surface area contributed by atoms with Gasteiger partial charge in [-0.05, 0) is 78.1 Å². The van der Waals surface area contributed by atoms with Gasteiger partial charge in [-0.3, -0.25) is 4.79 Å². The molecule has 0 heterocycles. The Labute approximate surface area is 219 Å². The van der Waals surface area contributed by atoms with Crippen LogP contribution in [0.2, 0.25) is 0 Å². The summed E-state index contributed by atoms with van der Waals surface area (Å²) >= 11 is 3.34. The van der Waals surface area contributed by atoms with Gasteiger partial charge in [-0.2, -0.15) is 5.10 Å². The number of hydrazone groups is 1. The van der Waals surface area contributed by atoms with Gasteiger partial charge in [-0.25, -0.2) is 10.2 Å². The van der Waals surface area contributed by atoms with Gasteiger partial charge in [-0.15, -0.1) is 0 Å². The first-order valence-electron chi connectivity index (χ1n) is 11.5. The van der Waals surface area contributed by atoms with Crippen LogP contribution in [0.5, 0.6) is 17.2 Å². The third-order valence-corrected chi connectivity index (χ3v) is 5.57. The normalized spacial score (nSPS) is 11.2. The van der Waals surface area contributed by atoms with Crippen LogP contribution in [-0.2, 0) is 10.2 Å². The summed E-state index contributed by atoms with van der Waals surface area (Å²) in [6.07, 6.45) is 1.47. The number of halogens is 1. The molecule has 188 valence electrons. The van der Waals surface area contributed by atoms with E-state index in [9.17, 15) is 9.59 Å². The molecule has 0 radical (unpaired) electrons. The van der Waals surface area contributed by atoms with Crippen molar-refractivity contribution in [3.05, 3.63) is 87.9 Å². The number of nitrogens with one attached hydrogen (secondary N) is 1. The first-order valence-corrected chi connectivity index (χ1v) is 12.2. The maximum absolute atomic E-state index is 12.5. The lowest BCUT2D eigenvalue weighted by Gasteiger charge is -2.19. The van der Waals surface area contributed by atoms with Crippen molar-refractivity contribution in [3.63, 3.8) is 0 Å². The van der Waals surface area contributed by atoms with Gasteiger partial charge < -0.3 is 14.2 Å². The van der Waals surface area contributed by atoms with Crippen molar-refractivity contribution < 1.29 is 23.8 Å². The lowest BCUT2D eigenvalue weighted by molar-refractivity contribution is -0.123. The molecule has 0 aliphatic carbocycles. The van der Waals surface area contributed by atoms with Gasteiger partial charge in [0.25, 0.3) is 5.91 Å². The van der Waals surface area contributed by atoms with Gasteiger partial charge >= 0.3 is 5.97 Å². The molecule has 0 bridgehead atoms. The Balaban J connectivity index is 1.56. The fourth-order valence-electron chi connectivity index (χ4n) is 3.11. The Bertz CT molecular complexity index is 1220. The second-order valence-corrected chi connectivity index (χ2v) is 9.81. The smallest absolute Gasteiger partial charge is 0.343 e. The highest BCUT2D eigenvalue weighted by atomic mass is 79.9. The van der Waals surface area contributed by atoms with Crippen LogP contribution < -0.4 is 19.6 Å². The zero-order valence-electron chi connectivity index (χ0n) is 20.7. The minimum atomic E-state index is -0.495. The lowest BCUT2D eigenvalue weighted by Crippen LogP contribution is -2.24. The van der Waals surface area contributed by atoms with Crippen molar-refractivity contribution in [2.45, 2.75) is 33.1 Å². The average molecular weight is 553 g/mol. The highest BCUT2D eigenvalue weighted by Gasteiger charge is 2.14. The number of ether oxygens (including phenoxy) is 3. The molecule has 8 heteroatoms. The maximum Gasteiger partial charge on any atom is 0.343 e. The van der Waals surface area contributed by atoms with Crippen LogP contribution in [0.4, 0.5) is 0 Å². The summed E-state index contributed by atoms with van der Waals surface area (Å²) < 4.78 is 17.5. The summed E-state index contributed by atoms with van der Waals surface area (Å²) in [4.78, 5) is 24.6. The molecule has 3 aromatic rings. The molecule has 0 aromatic heterocycles. The van der Waals surface area contributed by atoms with Crippen LogP contribution >= 0.6 is 15.9 Å². The molecule has 0 saturated carbocycles. The van der Waals surface area contributed by atoms with Crippen LogP contribution in [0, 0.1) is 0 Å². The molecular formula is C28H29BrN2O5. The van der Waals surface area contributed by atoms with Crippen molar-refractivity contribution in [3.8, 4) is 17.2 Å². The third kappa shape index (κ3) is 7.95. The van der Waals surface area contributed by atoms with E-state index in [2.05, 4.69) is 47.2 Å². The second kappa shape index (κ2) is 12.4. The van der Waals surface area contributed by atoms with E-state index in [0.29, 0.717) is 29.2 Å². The molecule has 1 N–H and O–H groups in total. The van der Waals surface area contributed by atoms with Crippen LogP contribution in [0.15, 0.2) is 76.3 Å². The first-order chi connectivity index (χ1) is 17.2. The minimum absolute atomic E-state index is 0.0477. The van der Waals surface area contributed by atoms with Crippen LogP contribution in [0.1, 0.15) is 49.2 Å². The summed E-state index contributed by atoms with van der Waals surface area (Å²) in [5.74, 6) is 0.398. The van der Waals surface area contributed by atoms with Crippen LogP contribution in [-0.4, -0.2) is 31.3 Å². The van der Waals surface area contributed by atoms with Crippen molar-refractivity contribution in [1.29, 1.82) is 0 Å². The molecule has 0 unspecified atom stereocenters. The standard InChI is InChI=1S/C28H29BrN2O5/c1-5-34-25-16-19(6-15-24(25)36-27(33)20-7-11-22(29)12-8-20)17-30-31-26(32)18-35-23-13-9-21(10-14-23)28(2,3)4/h6-17H,5,18H2,1-4H3,(H,31,32)/b30-17-. The Morgan fingerprint density at radius 2 is 1.64 bits per heavy atom. The zero-order valence-corrected chi connectivity index (χ0v) is 22.3. The second-order valence-electron chi connectivity index (χ2n) is 8.89. The SMILES string of the molecule is CCOc1cc(/C=N\NC(=O)COc2ccc(C(C)(C)C)cc2)ccc1OC(=O)c1ccc(Br)cc1. The van der Waals surface area contributed by atoms with Crippen molar-refractivity contribution >= 4 is 34.0 Å². The van der Waals surface area contributed by atoms with Crippen LogP contribution in [0.3, 0.4) is 0 Å². The monoisotopic (exact) mass is 552 g/mol. The molecule has 36 heavy (non-hydrogen) atoms. The number of carbonyl (C=O) groups excluding carboxylic acids is 2.